The molecule has 0 radical (unpaired) electrons. The van der Waals surface area contributed by atoms with Gasteiger partial charge < -0.3 is 14.6 Å². The van der Waals surface area contributed by atoms with E-state index in [1.54, 1.807) is 0 Å². The molecule has 1 aromatic heterocycles. The summed E-state index contributed by atoms with van der Waals surface area (Å²) in [5.41, 5.74) is 4.04. The third kappa shape index (κ3) is 2.41. The third-order valence-electron chi connectivity index (χ3n) is 4.85. The molecule has 1 aromatic carbocycles. The van der Waals surface area contributed by atoms with Crippen LogP contribution >= 0.6 is 0 Å². The molecular formula is C18H24N2O2. The highest BCUT2D eigenvalue weighted by Gasteiger charge is 2.27. The van der Waals surface area contributed by atoms with Gasteiger partial charge in [-0.15, -0.1) is 0 Å². The smallest absolute Gasteiger partial charge is 0.289 e. The van der Waals surface area contributed by atoms with Gasteiger partial charge in [-0.3, -0.25) is 4.79 Å². The molecule has 1 aliphatic rings. The van der Waals surface area contributed by atoms with E-state index >= 15 is 0 Å². The Hall–Kier alpha value is -1.81. The van der Waals surface area contributed by atoms with Crippen LogP contribution in [0.1, 0.15) is 40.1 Å². The topological polar surface area (TPSA) is 45.5 Å². The van der Waals surface area contributed by atoms with Crippen molar-refractivity contribution in [3.05, 3.63) is 34.6 Å². The van der Waals surface area contributed by atoms with Crippen LogP contribution in [-0.2, 0) is 0 Å². The number of carbonyl (C=O) groups excluding carboxylic acids is 1. The minimum Gasteiger partial charge on any atom is -0.450 e. The van der Waals surface area contributed by atoms with Gasteiger partial charge in [0.1, 0.15) is 5.58 Å². The summed E-state index contributed by atoms with van der Waals surface area (Å²) in [5, 5.41) is 4.42. The molecule has 118 valence electrons. The number of amides is 1. The largest absolute Gasteiger partial charge is 0.450 e. The highest BCUT2D eigenvalue weighted by Crippen LogP contribution is 2.31. The van der Waals surface area contributed by atoms with Gasteiger partial charge in [-0.25, -0.2) is 0 Å². The molecule has 0 spiro atoms. The van der Waals surface area contributed by atoms with E-state index in [9.17, 15) is 4.79 Å². The first-order valence-corrected chi connectivity index (χ1v) is 7.98. The van der Waals surface area contributed by atoms with E-state index in [4.69, 9.17) is 4.42 Å². The second kappa shape index (κ2) is 5.76. The van der Waals surface area contributed by atoms with Crippen molar-refractivity contribution >= 4 is 16.9 Å². The summed E-state index contributed by atoms with van der Waals surface area (Å²) in [5.74, 6) is 0.493. The van der Waals surface area contributed by atoms with Crippen molar-refractivity contribution in [3.8, 4) is 0 Å². The molecule has 1 aliphatic heterocycles. The minimum atomic E-state index is -0.000556. The Bertz CT molecular complexity index is 711. The Labute approximate surface area is 131 Å². The van der Waals surface area contributed by atoms with E-state index in [0.717, 1.165) is 53.6 Å². The van der Waals surface area contributed by atoms with Crippen molar-refractivity contribution in [3.63, 3.8) is 0 Å². The number of hydrogen-bond donors (Lipinski definition) is 1. The molecule has 4 nitrogen and oxygen atoms in total. The maximum Gasteiger partial charge on any atom is 0.289 e. The highest BCUT2D eigenvalue weighted by atomic mass is 16.3. The first kappa shape index (κ1) is 15.1. The lowest BCUT2D eigenvalue weighted by Gasteiger charge is -2.31. The van der Waals surface area contributed by atoms with Crippen LogP contribution in [0.25, 0.3) is 11.0 Å². The number of carbonyl (C=O) groups is 1. The van der Waals surface area contributed by atoms with Crippen molar-refractivity contribution in [1.82, 2.24) is 10.2 Å². The van der Waals surface area contributed by atoms with Gasteiger partial charge in [0, 0.05) is 24.0 Å². The second-order valence-corrected chi connectivity index (χ2v) is 6.36. The maximum absolute atomic E-state index is 12.9. The number of nitrogens with zero attached hydrogens (tertiary/aromatic N) is 1. The van der Waals surface area contributed by atoms with Gasteiger partial charge in [-0.05, 0) is 57.8 Å². The fraction of sp³-hybridized carbons (Fsp3) is 0.500. The van der Waals surface area contributed by atoms with Gasteiger partial charge in [-0.2, -0.15) is 0 Å². The molecule has 0 saturated carbocycles. The Kier molecular flexibility index (Phi) is 3.96. The van der Waals surface area contributed by atoms with Crippen LogP contribution < -0.4 is 5.32 Å². The van der Waals surface area contributed by atoms with Crippen LogP contribution in [0.3, 0.4) is 0 Å². The summed E-state index contributed by atoms with van der Waals surface area (Å²) in [6.45, 7) is 8.02. The first-order chi connectivity index (χ1) is 10.5. The summed E-state index contributed by atoms with van der Waals surface area (Å²) in [7, 11) is 1.89. The van der Waals surface area contributed by atoms with Crippen molar-refractivity contribution < 1.29 is 9.21 Å². The van der Waals surface area contributed by atoms with Gasteiger partial charge in [0.2, 0.25) is 0 Å². The lowest BCUT2D eigenvalue weighted by atomic mass is 10.0. The number of nitrogens with one attached hydrogen (secondary N) is 1. The first-order valence-electron chi connectivity index (χ1n) is 7.98. The van der Waals surface area contributed by atoms with E-state index in [1.807, 2.05) is 31.9 Å². The molecule has 1 fully saturated rings. The monoisotopic (exact) mass is 300 g/mol. The molecule has 0 unspecified atom stereocenters. The summed E-state index contributed by atoms with van der Waals surface area (Å²) < 4.78 is 5.98. The molecule has 2 aromatic rings. The number of hydrogen-bond acceptors (Lipinski definition) is 3. The molecule has 22 heavy (non-hydrogen) atoms. The zero-order valence-electron chi connectivity index (χ0n) is 13.8. The maximum atomic E-state index is 12.9. The Balaban J connectivity index is 1.99. The lowest BCUT2D eigenvalue weighted by molar-refractivity contribution is 0.0672. The van der Waals surface area contributed by atoms with Crippen molar-refractivity contribution in [2.75, 3.05) is 20.1 Å². The lowest BCUT2D eigenvalue weighted by Crippen LogP contribution is -2.44. The van der Waals surface area contributed by atoms with Crippen LogP contribution in [0.2, 0.25) is 0 Å². The van der Waals surface area contributed by atoms with Crippen LogP contribution in [-0.4, -0.2) is 37.0 Å². The molecule has 2 heterocycles. The predicted molar refractivity (Wildman–Crippen MR) is 88.4 cm³/mol. The van der Waals surface area contributed by atoms with Crippen molar-refractivity contribution in [2.24, 2.45) is 0 Å². The molecule has 0 bridgehead atoms. The van der Waals surface area contributed by atoms with E-state index in [1.165, 1.54) is 0 Å². The average molecular weight is 300 g/mol. The third-order valence-corrected chi connectivity index (χ3v) is 4.85. The summed E-state index contributed by atoms with van der Waals surface area (Å²) in [6.07, 6.45) is 2.00. The Morgan fingerprint density at radius 2 is 1.82 bits per heavy atom. The van der Waals surface area contributed by atoms with Crippen molar-refractivity contribution in [1.29, 1.82) is 0 Å². The number of fused-ring (bicyclic) bond motifs is 1. The Morgan fingerprint density at radius 3 is 2.45 bits per heavy atom. The normalized spacial score (nSPS) is 16.2. The van der Waals surface area contributed by atoms with E-state index < -0.39 is 0 Å². The number of aryl methyl sites for hydroxylation is 3. The molecule has 0 atom stereocenters. The highest BCUT2D eigenvalue weighted by molar-refractivity contribution is 6.00. The molecule has 4 heteroatoms. The average Bonchev–Trinajstić information content (AvgIpc) is 2.89. The van der Waals surface area contributed by atoms with Gasteiger partial charge in [0.15, 0.2) is 5.76 Å². The van der Waals surface area contributed by atoms with Crippen molar-refractivity contribution in [2.45, 2.75) is 39.7 Å². The van der Waals surface area contributed by atoms with E-state index in [-0.39, 0.29) is 5.91 Å². The van der Waals surface area contributed by atoms with Crippen LogP contribution in [0.15, 0.2) is 16.5 Å². The fourth-order valence-electron chi connectivity index (χ4n) is 3.40. The minimum absolute atomic E-state index is 0.000556. The second-order valence-electron chi connectivity index (χ2n) is 6.36. The van der Waals surface area contributed by atoms with Gasteiger partial charge in [0.05, 0.1) is 0 Å². The summed E-state index contributed by atoms with van der Waals surface area (Å²) >= 11 is 0. The zero-order chi connectivity index (χ0) is 15.9. The standard InChI is InChI=1S/C18H24N2O2/c1-11-5-6-12(2)16-15(11)13(3)17(22-16)18(21)20(4)14-7-9-19-10-8-14/h5-6,14,19H,7-10H2,1-4H3. The SMILES string of the molecule is Cc1ccc(C)c2c(C)c(C(=O)N(C)C3CCNCC3)oc12. The molecule has 1 N–H and O–H groups in total. The van der Waals surface area contributed by atoms with Crippen LogP contribution in [0, 0.1) is 20.8 Å². The van der Waals surface area contributed by atoms with Gasteiger partial charge >= 0.3 is 0 Å². The molecule has 1 saturated heterocycles. The van der Waals surface area contributed by atoms with E-state index in [2.05, 4.69) is 18.3 Å². The molecular weight excluding hydrogens is 276 g/mol. The van der Waals surface area contributed by atoms with Crippen LogP contribution in [0.5, 0.6) is 0 Å². The molecule has 0 aliphatic carbocycles. The summed E-state index contributed by atoms with van der Waals surface area (Å²) in [6, 6.07) is 4.43. The predicted octanol–water partition coefficient (Wildman–Crippen LogP) is 3.18. The van der Waals surface area contributed by atoms with Gasteiger partial charge in [-0.1, -0.05) is 12.1 Å². The number of rotatable bonds is 2. The van der Waals surface area contributed by atoms with E-state index in [0.29, 0.717) is 11.8 Å². The number of benzene rings is 1. The van der Waals surface area contributed by atoms with Crippen LogP contribution in [0.4, 0.5) is 0 Å². The quantitative estimate of drug-likeness (QED) is 0.926. The number of piperidine rings is 1. The molecule has 1 amide bonds. The van der Waals surface area contributed by atoms with Gasteiger partial charge in [0.25, 0.3) is 5.91 Å². The fourth-order valence-corrected chi connectivity index (χ4v) is 3.40. The molecule has 3 rings (SSSR count). The number of furan rings is 1. The zero-order valence-corrected chi connectivity index (χ0v) is 13.8. The Morgan fingerprint density at radius 1 is 1.18 bits per heavy atom. The summed E-state index contributed by atoms with van der Waals surface area (Å²) in [4.78, 5) is 14.7.